The van der Waals surface area contributed by atoms with Crippen LogP contribution in [-0.2, 0) is 6.54 Å². The van der Waals surface area contributed by atoms with Crippen molar-refractivity contribution in [3.05, 3.63) is 35.9 Å². The van der Waals surface area contributed by atoms with Crippen molar-refractivity contribution in [1.29, 1.82) is 0 Å². The quantitative estimate of drug-likeness (QED) is 0.761. The van der Waals surface area contributed by atoms with Crippen LogP contribution in [-0.4, -0.2) is 36.6 Å². The maximum atomic E-state index is 12.9. The van der Waals surface area contributed by atoms with E-state index in [0.29, 0.717) is 12.5 Å². The Morgan fingerprint density at radius 3 is 2.58 bits per heavy atom. The Balaban J connectivity index is 2.01. The van der Waals surface area contributed by atoms with Gasteiger partial charge in [-0.05, 0) is 50.3 Å². The lowest BCUT2D eigenvalue weighted by molar-refractivity contribution is 0.172. The fraction of sp³-hybridized carbons (Fsp3) is 0.650. The second kappa shape index (κ2) is 10.3. The van der Waals surface area contributed by atoms with Gasteiger partial charge in [-0.3, -0.25) is 0 Å². The number of carbonyl (C=O) groups excluding carboxylic acids is 1. The van der Waals surface area contributed by atoms with Gasteiger partial charge in [0, 0.05) is 19.1 Å². The molecule has 0 radical (unpaired) electrons. The molecule has 4 nitrogen and oxygen atoms in total. The van der Waals surface area contributed by atoms with Gasteiger partial charge in [0.1, 0.15) is 0 Å². The highest BCUT2D eigenvalue weighted by Crippen LogP contribution is 2.16. The highest BCUT2D eigenvalue weighted by atomic mass is 16.2. The fourth-order valence-corrected chi connectivity index (χ4v) is 3.39. The lowest BCUT2D eigenvalue weighted by Crippen LogP contribution is -2.47. The first kappa shape index (κ1) is 18.8. The lowest BCUT2D eigenvalue weighted by atomic mass is 9.97. The van der Waals surface area contributed by atoms with Crippen LogP contribution in [0, 0.1) is 5.92 Å². The summed E-state index contributed by atoms with van der Waals surface area (Å²) in [7, 11) is 0. The maximum Gasteiger partial charge on any atom is 0.317 e. The van der Waals surface area contributed by atoms with Crippen molar-refractivity contribution in [3.63, 3.8) is 0 Å². The SMILES string of the molecule is CCCC(CC)NC(=O)N(Cc1ccccc1)CC1CCNCC1. The van der Waals surface area contributed by atoms with E-state index >= 15 is 0 Å². The van der Waals surface area contributed by atoms with Gasteiger partial charge in [-0.25, -0.2) is 4.79 Å². The molecule has 1 aromatic rings. The highest BCUT2D eigenvalue weighted by molar-refractivity contribution is 5.74. The number of hydrogen-bond donors (Lipinski definition) is 2. The largest absolute Gasteiger partial charge is 0.335 e. The van der Waals surface area contributed by atoms with Gasteiger partial charge in [0.15, 0.2) is 0 Å². The normalized spacial score (nSPS) is 16.6. The number of carbonyl (C=O) groups is 1. The first-order valence-electron chi connectivity index (χ1n) is 9.53. The summed E-state index contributed by atoms with van der Waals surface area (Å²) in [4.78, 5) is 14.9. The van der Waals surface area contributed by atoms with Gasteiger partial charge >= 0.3 is 6.03 Å². The number of benzene rings is 1. The van der Waals surface area contributed by atoms with Gasteiger partial charge in [-0.15, -0.1) is 0 Å². The molecule has 0 aliphatic carbocycles. The molecule has 0 saturated carbocycles. The summed E-state index contributed by atoms with van der Waals surface area (Å²) in [6.07, 6.45) is 5.46. The zero-order valence-electron chi connectivity index (χ0n) is 15.3. The third-order valence-electron chi connectivity index (χ3n) is 4.90. The molecule has 4 heteroatoms. The van der Waals surface area contributed by atoms with Crippen molar-refractivity contribution in [2.75, 3.05) is 19.6 Å². The number of nitrogens with one attached hydrogen (secondary N) is 2. The molecule has 1 atom stereocenters. The van der Waals surface area contributed by atoms with E-state index in [-0.39, 0.29) is 12.1 Å². The van der Waals surface area contributed by atoms with Crippen LogP contribution in [0.3, 0.4) is 0 Å². The molecule has 0 spiro atoms. The minimum Gasteiger partial charge on any atom is -0.335 e. The van der Waals surface area contributed by atoms with E-state index in [4.69, 9.17) is 0 Å². The van der Waals surface area contributed by atoms with Crippen molar-refractivity contribution >= 4 is 6.03 Å². The highest BCUT2D eigenvalue weighted by Gasteiger charge is 2.22. The third-order valence-corrected chi connectivity index (χ3v) is 4.90. The Labute approximate surface area is 147 Å². The molecule has 2 N–H and O–H groups in total. The van der Waals surface area contributed by atoms with E-state index in [0.717, 1.165) is 51.7 Å². The summed E-state index contributed by atoms with van der Waals surface area (Å²) in [6, 6.07) is 10.7. The van der Waals surface area contributed by atoms with Crippen LogP contribution in [0.4, 0.5) is 4.79 Å². The van der Waals surface area contributed by atoms with Crippen molar-refractivity contribution in [1.82, 2.24) is 15.5 Å². The second-order valence-corrected chi connectivity index (χ2v) is 6.90. The summed E-state index contributed by atoms with van der Waals surface area (Å²) in [5, 5.41) is 6.65. The molecule has 1 saturated heterocycles. The Hall–Kier alpha value is -1.55. The molecule has 1 aliphatic rings. The van der Waals surface area contributed by atoms with Crippen LogP contribution in [0.2, 0.25) is 0 Å². The van der Waals surface area contributed by atoms with Crippen LogP contribution < -0.4 is 10.6 Å². The summed E-state index contributed by atoms with van der Waals surface area (Å²) >= 11 is 0. The average molecular weight is 332 g/mol. The third kappa shape index (κ3) is 6.16. The smallest absolute Gasteiger partial charge is 0.317 e. The molecule has 2 amide bonds. The molecule has 2 rings (SSSR count). The molecule has 24 heavy (non-hydrogen) atoms. The van der Waals surface area contributed by atoms with E-state index in [1.54, 1.807) is 0 Å². The van der Waals surface area contributed by atoms with E-state index in [2.05, 4.69) is 36.6 Å². The molecule has 1 heterocycles. The summed E-state index contributed by atoms with van der Waals surface area (Å²) in [5.41, 5.74) is 1.20. The van der Waals surface area contributed by atoms with Gasteiger partial charge < -0.3 is 15.5 Å². The number of nitrogens with zero attached hydrogens (tertiary/aromatic N) is 1. The molecule has 0 aromatic heterocycles. The van der Waals surface area contributed by atoms with Crippen LogP contribution in [0.1, 0.15) is 51.5 Å². The van der Waals surface area contributed by atoms with E-state index in [9.17, 15) is 4.79 Å². The number of urea groups is 1. The topological polar surface area (TPSA) is 44.4 Å². The Kier molecular flexibility index (Phi) is 8.10. The van der Waals surface area contributed by atoms with Crippen LogP contribution in [0.5, 0.6) is 0 Å². The van der Waals surface area contributed by atoms with Crippen LogP contribution in [0.25, 0.3) is 0 Å². The van der Waals surface area contributed by atoms with Gasteiger partial charge in [0.05, 0.1) is 0 Å². The first-order valence-corrected chi connectivity index (χ1v) is 9.53. The van der Waals surface area contributed by atoms with Crippen molar-refractivity contribution in [3.8, 4) is 0 Å². The number of piperidine rings is 1. The van der Waals surface area contributed by atoms with E-state index in [1.165, 1.54) is 5.56 Å². The van der Waals surface area contributed by atoms with Crippen LogP contribution >= 0.6 is 0 Å². The van der Waals surface area contributed by atoms with E-state index in [1.807, 2.05) is 23.1 Å². The summed E-state index contributed by atoms with van der Waals surface area (Å²) in [6.45, 7) is 8.00. The maximum absolute atomic E-state index is 12.9. The van der Waals surface area contributed by atoms with Crippen molar-refractivity contribution in [2.45, 2.75) is 58.5 Å². The number of amides is 2. The van der Waals surface area contributed by atoms with Crippen LogP contribution in [0.15, 0.2) is 30.3 Å². The second-order valence-electron chi connectivity index (χ2n) is 6.90. The zero-order chi connectivity index (χ0) is 17.2. The predicted octanol–water partition coefficient (Wildman–Crippen LogP) is 3.78. The minimum absolute atomic E-state index is 0.0951. The predicted molar refractivity (Wildman–Crippen MR) is 100.0 cm³/mol. The lowest BCUT2D eigenvalue weighted by Gasteiger charge is -2.31. The minimum atomic E-state index is 0.0951. The van der Waals surface area contributed by atoms with Gasteiger partial charge in [0.25, 0.3) is 0 Å². The molecule has 1 unspecified atom stereocenters. The molecule has 134 valence electrons. The summed E-state index contributed by atoms with van der Waals surface area (Å²) < 4.78 is 0. The van der Waals surface area contributed by atoms with Gasteiger partial charge in [-0.2, -0.15) is 0 Å². The standard InChI is InChI=1S/C20H33N3O/c1-3-8-19(4-2)22-20(24)23(15-17-9-6-5-7-10-17)16-18-11-13-21-14-12-18/h5-7,9-10,18-19,21H,3-4,8,11-16H2,1-2H3,(H,22,24). The molecule has 1 fully saturated rings. The molecule has 1 aromatic carbocycles. The average Bonchev–Trinajstić information content (AvgIpc) is 2.62. The summed E-state index contributed by atoms with van der Waals surface area (Å²) in [5.74, 6) is 0.604. The number of rotatable bonds is 8. The van der Waals surface area contributed by atoms with Gasteiger partial charge in [-0.1, -0.05) is 50.6 Å². The van der Waals surface area contributed by atoms with E-state index < -0.39 is 0 Å². The molecular weight excluding hydrogens is 298 g/mol. The number of hydrogen-bond acceptors (Lipinski definition) is 2. The zero-order valence-corrected chi connectivity index (χ0v) is 15.3. The Morgan fingerprint density at radius 2 is 1.96 bits per heavy atom. The van der Waals surface area contributed by atoms with Crippen molar-refractivity contribution in [2.24, 2.45) is 5.92 Å². The molecule has 1 aliphatic heterocycles. The van der Waals surface area contributed by atoms with Gasteiger partial charge in [0.2, 0.25) is 0 Å². The Morgan fingerprint density at radius 1 is 1.25 bits per heavy atom. The van der Waals surface area contributed by atoms with Crippen molar-refractivity contribution < 1.29 is 4.79 Å². The fourth-order valence-electron chi connectivity index (χ4n) is 3.39. The molecular formula is C20H33N3O. The molecule has 0 bridgehead atoms. The first-order chi connectivity index (χ1) is 11.7. The monoisotopic (exact) mass is 331 g/mol. The Bertz CT molecular complexity index is 471.